The normalized spacial score (nSPS) is 19.1. The molecule has 3 aromatic rings. The fourth-order valence-electron chi connectivity index (χ4n) is 6.08. The number of anilines is 1. The number of methoxy groups -OCH3 is 1. The van der Waals surface area contributed by atoms with E-state index in [4.69, 9.17) is 19.9 Å². The van der Waals surface area contributed by atoms with Gasteiger partial charge < -0.3 is 30.6 Å². The van der Waals surface area contributed by atoms with Crippen LogP contribution in [-0.2, 0) is 25.4 Å². The Kier molecular flexibility index (Phi) is 11.9. The predicted octanol–water partition coefficient (Wildman–Crippen LogP) is 5.30. The molecule has 1 saturated carbocycles. The lowest BCUT2D eigenvalue weighted by Gasteiger charge is -2.31. The molecular formula is C36H41F3N4O6. The lowest BCUT2D eigenvalue weighted by Crippen LogP contribution is -2.51. The number of aryl methyl sites for hydroxylation is 1. The van der Waals surface area contributed by atoms with E-state index in [2.05, 4.69) is 5.32 Å². The SMILES string of the molecule is COC(=O)N(C(=O)[C@@H](N)C(c1ccccc1)c1ccccc1)c1ccccc1CC[C@@H]1CN[C@H](COC(=O)NC(C2CC2)C(F)(F)F)CO1. The number of halogens is 3. The Labute approximate surface area is 283 Å². The molecule has 1 aliphatic heterocycles. The quantitative estimate of drug-likeness (QED) is 0.235. The summed E-state index contributed by atoms with van der Waals surface area (Å²) in [4.78, 5) is 40.4. The number of nitrogens with two attached hydrogens (primary N) is 1. The summed E-state index contributed by atoms with van der Waals surface area (Å²) >= 11 is 0. The highest BCUT2D eigenvalue weighted by Gasteiger charge is 2.50. The third kappa shape index (κ3) is 9.37. The molecule has 0 radical (unpaired) electrons. The minimum atomic E-state index is -4.53. The van der Waals surface area contributed by atoms with Gasteiger partial charge in [0.2, 0.25) is 0 Å². The van der Waals surface area contributed by atoms with Gasteiger partial charge in [-0.25, -0.2) is 14.5 Å². The molecule has 3 aromatic carbocycles. The van der Waals surface area contributed by atoms with E-state index >= 15 is 0 Å². The van der Waals surface area contributed by atoms with Crippen molar-refractivity contribution in [3.63, 3.8) is 0 Å². The molecule has 0 spiro atoms. The molecule has 13 heteroatoms. The van der Waals surface area contributed by atoms with Crippen molar-refractivity contribution in [1.29, 1.82) is 0 Å². The number of imide groups is 1. The van der Waals surface area contributed by atoms with E-state index < -0.39 is 54.2 Å². The maximum absolute atomic E-state index is 14.1. The van der Waals surface area contributed by atoms with E-state index in [1.165, 1.54) is 7.11 Å². The molecule has 5 rings (SSSR count). The van der Waals surface area contributed by atoms with Crippen LogP contribution in [0.5, 0.6) is 0 Å². The Morgan fingerprint density at radius 3 is 2.14 bits per heavy atom. The molecule has 49 heavy (non-hydrogen) atoms. The highest BCUT2D eigenvalue weighted by atomic mass is 19.4. The highest BCUT2D eigenvalue weighted by molar-refractivity contribution is 6.15. The van der Waals surface area contributed by atoms with Crippen molar-refractivity contribution < 1.29 is 41.8 Å². The number of ether oxygens (including phenoxy) is 3. The third-order valence-electron chi connectivity index (χ3n) is 8.81. The summed E-state index contributed by atoms with van der Waals surface area (Å²) in [5.74, 6) is -1.77. The van der Waals surface area contributed by atoms with Crippen molar-refractivity contribution in [3.05, 3.63) is 102 Å². The Morgan fingerprint density at radius 1 is 0.980 bits per heavy atom. The topological polar surface area (TPSA) is 132 Å². The molecule has 3 amide bonds. The minimum Gasteiger partial charge on any atom is -0.452 e. The van der Waals surface area contributed by atoms with Gasteiger partial charge >= 0.3 is 18.4 Å². The van der Waals surface area contributed by atoms with Crippen LogP contribution in [0.1, 0.15) is 41.9 Å². The number of benzene rings is 3. The second kappa shape index (κ2) is 16.3. The summed E-state index contributed by atoms with van der Waals surface area (Å²) in [5.41, 5.74) is 9.39. The van der Waals surface area contributed by atoms with Gasteiger partial charge in [-0.3, -0.25) is 4.79 Å². The van der Waals surface area contributed by atoms with Gasteiger partial charge in [-0.2, -0.15) is 13.2 Å². The summed E-state index contributed by atoms with van der Waals surface area (Å²) in [5, 5.41) is 5.16. The fourth-order valence-corrected chi connectivity index (χ4v) is 6.08. The molecular weight excluding hydrogens is 641 g/mol. The van der Waals surface area contributed by atoms with E-state index in [-0.39, 0.29) is 19.3 Å². The van der Waals surface area contributed by atoms with Crippen LogP contribution < -0.4 is 21.3 Å². The second-order valence-electron chi connectivity index (χ2n) is 12.3. The van der Waals surface area contributed by atoms with Crippen molar-refractivity contribution in [2.45, 2.75) is 62.0 Å². The van der Waals surface area contributed by atoms with Gasteiger partial charge in [0.1, 0.15) is 12.6 Å². The minimum absolute atomic E-state index is 0.153. The third-order valence-corrected chi connectivity index (χ3v) is 8.81. The first-order valence-electron chi connectivity index (χ1n) is 16.3. The standard InChI is InChI=1S/C36H41F3N4O6/c1-47-35(46)43(33(44)31(40)30(24-11-4-2-5-12-24)25-13-6-3-7-14-25)29-15-9-8-10-23(29)18-19-28-20-41-27(21-48-28)22-49-34(45)42-32(26-16-17-26)36(37,38)39/h2-15,26-28,30-32,41H,16-22,40H2,1H3,(H,42,45)/t27-,28+,31-,32?/m0/s1. The number of nitrogens with one attached hydrogen (secondary N) is 2. The lowest BCUT2D eigenvalue weighted by molar-refractivity contribution is -0.159. The summed E-state index contributed by atoms with van der Waals surface area (Å²) in [7, 11) is 1.20. The van der Waals surface area contributed by atoms with Gasteiger partial charge in [-0.15, -0.1) is 0 Å². The van der Waals surface area contributed by atoms with Crippen LogP contribution in [0.25, 0.3) is 0 Å². The molecule has 2 fully saturated rings. The van der Waals surface area contributed by atoms with Gasteiger partial charge in [0, 0.05) is 12.5 Å². The van der Waals surface area contributed by atoms with Crippen LogP contribution in [-0.4, -0.2) is 75.4 Å². The molecule has 0 aromatic heterocycles. The molecule has 262 valence electrons. The highest BCUT2D eigenvalue weighted by Crippen LogP contribution is 2.40. The van der Waals surface area contributed by atoms with E-state index in [0.29, 0.717) is 43.5 Å². The van der Waals surface area contributed by atoms with Crippen LogP contribution in [0.4, 0.5) is 28.4 Å². The number of carbonyl (C=O) groups excluding carboxylic acids is 3. The van der Waals surface area contributed by atoms with Crippen LogP contribution in [0.3, 0.4) is 0 Å². The van der Waals surface area contributed by atoms with Crippen LogP contribution in [0.15, 0.2) is 84.9 Å². The zero-order valence-electron chi connectivity index (χ0n) is 27.1. The number of carbonyl (C=O) groups is 3. The predicted molar refractivity (Wildman–Crippen MR) is 176 cm³/mol. The second-order valence-corrected chi connectivity index (χ2v) is 12.3. The molecule has 1 aliphatic carbocycles. The number of amides is 3. The van der Waals surface area contributed by atoms with E-state index in [1.54, 1.807) is 18.2 Å². The average Bonchev–Trinajstić information content (AvgIpc) is 3.95. The number of hydrogen-bond donors (Lipinski definition) is 3. The van der Waals surface area contributed by atoms with Crippen molar-refractivity contribution in [2.75, 3.05) is 31.8 Å². The fraction of sp³-hybridized carbons (Fsp3) is 0.417. The van der Waals surface area contributed by atoms with Crippen LogP contribution >= 0.6 is 0 Å². The Bertz CT molecular complexity index is 1510. The molecule has 1 saturated heterocycles. The van der Waals surface area contributed by atoms with E-state index in [9.17, 15) is 27.6 Å². The van der Waals surface area contributed by atoms with Gasteiger partial charge in [0.25, 0.3) is 5.91 Å². The summed E-state index contributed by atoms with van der Waals surface area (Å²) < 4.78 is 55.7. The maximum atomic E-state index is 14.1. The van der Waals surface area contributed by atoms with E-state index in [1.807, 2.05) is 72.0 Å². The molecule has 10 nitrogen and oxygen atoms in total. The molecule has 4 N–H and O–H groups in total. The Morgan fingerprint density at radius 2 is 1.59 bits per heavy atom. The molecule has 0 bridgehead atoms. The molecule has 1 heterocycles. The smallest absolute Gasteiger partial charge is 0.420 e. The van der Waals surface area contributed by atoms with Crippen LogP contribution in [0, 0.1) is 5.92 Å². The van der Waals surface area contributed by atoms with E-state index in [0.717, 1.165) is 16.0 Å². The van der Waals surface area contributed by atoms with Crippen molar-refractivity contribution >= 4 is 23.8 Å². The van der Waals surface area contributed by atoms with Crippen molar-refractivity contribution in [2.24, 2.45) is 11.7 Å². The van der Waals surface area contributed by atoms with Gasteiger partial charge in [-0.05, 0) is 54.4 Å². The lowest BCUT2D eigenvalue weighted by atomic mass is 9.84. The van der Waals surface area contributed by atoms with Gasteiger partial charge in [0.15, 0.2) is 0 Å². The summed E-state index contributed by atoms with van der Waals surface area (Å²) in [6.07, 6.45) is -4.98. The summed E-state index contributed by atoms with van der Waals surface area (Å²) in [6.45, 7) is 0.415. The first-order valence-corrected chi connectivity index (χ1v) is 16.3. The molecule has 1 unspecified atom stereocenters. The zero-order chi connectivity index (χ0) is 35.0. The monoisotopic (exact) mass is 682 g/mol. The Balaban J connectivity index is 1.21. The number of rotatable bonds is 12. The van der Waals surface area contributed by atoms with Gasteiger partial charge in [-0.1, -0.05) is 78.9 Å². The number of para-hydroxylation sites is 1. The number of alkyl carbamates (subject to hydrolysis) is 1. The molecule has 4 atom stereocenters. The van der Waals surface area contributed by atoms with Crippen molar-refractivity contribution in [1.82, 2.24) is 10.6 Å². The zero-order valence-corrected chi connectivity index (χ0v) is 27.1. The molecule has 2 aliphatic rings. The number of nitrogens with zero attached hydrogens (tertiary/aromatic N) is 1. The number of morpholine rings is 1. The first-order chi connectivity index (χ1) is 23.6. The largest absolute Gasteiger partial charge is 0.452 e. The van der Waals surface area contributed by atoms with Gasteiger partial charge in [0.05, 0.1) is 37.6 Å². The average molecular weight is 683 g/mol. The summed E-state index contributed by atoms with van der Waals surface area (Å²) in [6, 6.07) is 22.4. The maximum Gasteiger partial charge on any atom is 0.420 e. The first kappa shape index (κ1) is 35.8. The van der Waals surface area contributed by atoms with Crippen LogP contribution in [0.2, 0.25) is 0 Å². The Hall–Kier alpha value is -4.46. The number of alkyl halides is 3. The van der Waals surface area contributed by atoms with Crippen molar-refractivity contribution in [3.8, 4) is 0 Å². The number of hydrogen-bond acceptors (Lipinski definition) is 8.